The van der Waals surface area contributed by atoms with Crippen molar-refractivity contribution in [3.8, 4) is 0 Å². The molecule has 0 spiro atoms. The van der Waals surface area contributed by atoms with Crippen LogP contribution in [0.4, 0.5) is 0 Å². The van der Waals surface area contributed by atoms with Gasteiger partial charge in [0.1, 0.15) is 16.6 Å². The average Bonchev–Trinajstić information content (AvgIpc) is 3.30. The summed E-state index contributed by atoms with van der Waals surface area (Å²) in [5.41, 5.74) is -1.23. The molecule has 1 aliphatic rings. The first-order valence-corrected chi connectivity index (χ1v) is 20.6. The van der Waals surface area contributed by atoms with Crippen molar-refractivity contribution < 1.29 is 19.8 Å². The third kappa shape index (κ3) is 6.64. The largest absolute Gasteiger partial charge is 0.378 e. The summed E-state index contributed by atoms with van der Waals surface area (Å²) in [6.07, 6.45) is 1.24. The van der Waals surface area contributed by atoms with E-state index in [-0.39, 0.29) is 0 Å². The second kappa shape index (κ2) is 16.1. The molecule has 8 aromatic carbocycles. The summed E-state index contributed by atoms with van der Waals surface area (Å²) in [5.74, 6) is -0.983. The van der Waals surface area contributed by atoms with Gasteiger partial charge < -0.3 is 20.8 Å². The minimum atomic E-state index is -1.75. The molecule has 0 heterocycles. The van der Waals surface area contributed by atoms with Gasteiger partial charge in [0, 0.05) is 0 Å². The fourth-order valence-electron chi connectivity index (χ4n) is 9.21. The number of carbonyl (C=O) groups is 2. The van der Waals surface area contributed by atoms with E-state index in [2.05, 4.69) is 10.6 Å². The Kier molecular flexibility index (Phi) is 10.3. The zero-order valence-electron chi connectivity index (χ0n) is 33.1. The van der Waals surface area contributed by atoms with Crippen LogP contribution in [0.2, 0.25) is 0 Å². The lowest BCUT2D eigenvalue weighted by Gasteiger charge is -2.45. The molecule has 1 fully saturated rings. The standard InChI is InChI=1S/C54H46N2O4/c57-50(55-48(46-34-17-22-38-20-13-15-32-44(38)46)53(59,40-24-5-1-6-25-40)41-26-7-2-8-27-41)52(36-19-37-52)51(58)56-49(47-35-18-23-39-21-14-16-33-45(39)47)54(60,42-28-9-3-10-29-42)43-30-11-4-12-31-43/h1-18,20-35,48-49,59-60H,19,36-37H2,(H,55,57)(H,56,58)/t48-,49-/m0/s1. The molecule has 1 aliphatic carbocycles. The number of hydrogen-bond acceptors (Lipinski definition) is 4. The van der Waals surface area contributed by atoms with Crippen LogP contribution in [-0.4, -0.2) is 22.0 Å². The highest BCUT2D eigenvalue weighted by atomic mass is 16.3. The van der Waals surface area contributed by atoms with Crippen LogP contribution >= 0.6 is 0 Å². The number of fused-ring (bicyclic) bond motifs is 2. The lowest BCUT2D eigenvalue weighted by molar-refractivity contribution is -0.152. The van der Waals surface area contributed by atoms with Gasteiger partial charge in [-0.05, 0) is 67.8 Å². The fraction of sp³-hybridized carbons (Fsp3) is 0.148. The van der Waals surface area contributed by atoms with Crippen LogP contribution in [0.25, 0.3) is 21.5 Å². The van der Waals surface area contributed by atoms with Crippen LogP contribution in [-0.2, 0) is 20.8 Å². The van der Waals surface area contributed by atoms with Crippen LogP contribution in [0.15, 0.2) is 206 Å². The van der Waals surface area contributed by atoms with Gasteiger partial charge in [-0.3, -0.25) is 9.59 Å². The van der Waals surface area contributed by atoms with Crippen molar-refractivity contribution in [1.82, 2.24) is 10.6 Å². The van der Waals surface area contributed by atoms with Gasteiger partial charge in [-0.15, -0.1) is 0 Å². The average molecular weight is 787 g/mol. The summed E-state index contributed by atoms with van der Waals surface area (Å²) < 4.78 is 0. The Morgan fingerprint density at radius 2 is 0.717 bits per heavy atom. The second-order valence-corrected chi connectivity index (χ2v) is 15.9. The van der Waals surface area contributed by atoms with Crippen molar-refractivity contribution in [3.63, 3.8) is 0 Å². The molecule has 8 aromatic rings. The van der Waals surface area contributed by atoms with Crippen LogP contribution in [0, 0.1) is 5.41 Å². The molecular formula is C54H46N2O4. The van der Waals surface area contributed by atoms with Gasteiger partial charge in [0.05, 0.1) is 12.1 Å². The monoisotopic (exact) mass is 786 g/mol. The highest BCUT2D eigenvalue weighted by Crippen LogP contribution is 2.49. The second-order valence-electron chi connectivity index (χ2n) is 15.9. The van der Waals surface area contributed by atoms with Crippen LogP contribution in [0.3, 0.4) is 0 Å². The summed E-state index contributed by atoms with van der Waals surface area (Å²) in [6, 6.07) is 63.1. The molecule has 296 valence electrons. The molecule has 0 unspecified atom stereocenters. The Morgan fingerprint density at radius 1 is 0.417 bits per heavy atom. The molecule has 0 saturated heterocycles. The molecule has 6 nitrogen and oxygen atoms in total. The minimum Gasteiger partial charge on any atom is -0.378 e. The molecular weight excluding hydrogens is 741 g/mol. The quantitative estimate of drug-likeness (QED) is 0.0928. The van der Waals surface area contributed by atoms with Gasteiger partial charge >= 0.3 is 0 Å². The normalized spacial score (nSPS) is 14.8. The van der Waals surface area contributed by atoms with Crippen molar-refractivity contribution in [3.05, 3.63) is 240 Å². The van der Waals surface area contributed by atoms with Crippen LogP contribution in [0.1, 0.15) is 64.7 Å². The van der Waals surface area contributed by atoms with Gasteiger partial charge in [0.15, 0.2) is 0 Å². The molecule has 9 rings (SSSR count). The molecule has 1 saturated carbocycles. The number of amides is 2. The smallest absolute Gasteiger partial charge is 0.236 e. The van der Waals surface area contributed by atoms with E-state index in [1.807, 2.05) is 206 Å². The zero-order chi connectivity index (χ0) is 41.2. The SMILES string of the molecule is O=C(N[C@@H](c1cccc2ccccc12)C(O)(c1ccccc1)c1ccccc1)C1(C(=O)N[C@@H](c2cccc3ccccc23)C(O)(c2ccccc2)c2ccccc2)CCC1. The number of carbonyl (C=O) groups excluding carboxylic acids is 2. The first-order valence-electron chi connectivity index (χ1n) is 20.6. The van der Waals surface area contributed by atoms with Crippen molar-refractivity contribution in [1.29, 1.82) is 0 Å². The van der Waals surface area contributed by atoms with Gasteiger partial charge in [0.25, 0.3) is 0 Å². The molecule has 2 amide bonds. The Morgan fingerprint density at radius 3 is 1.03 bits per heavy atom. The third-order valence-corrected chi connectivity index (χ3v) is 12.6. The highest BCUT2D eigenvalue weighted by molar-refractivity contribution is 6.06. The lowest BCUT2D eigenvalue weighted by Crippen LogP contribution is -2.59. The maximum atomic E-state index is 15.4. The zero-order valence-corrected chi connectivity index (χ0v) is 33.1. The van der Waals surface area contributed by atoms with Gasteiger partial charge in [0.2, 0.25) is 11.8 Å². The van der Waals surface area contributed by atoms with Gasteiger partial charge in [-0.25, -0.2) is 0 Å². The van der Waals surface area contributed by atoms with E-state index >= 15 is 9.59 Å². The molecule has 6 heteroatoms. The maximum absolute atomic E-state index is 15.4. The summed E-state index contributed by atoms with van der Waals surface area (Å²) >= 11 is 0. The summed E-state index contributed by atoms with van der Waals surface area (Å²) in [7, 11) is 0. The number of aliphatic hydroxyl groups is 2. The third-order valence-electron chi connectivity index (χ3n) is 12.6. The molecule has 0 radical (unpaired) electrons. The highest BCUT2D eigenvalue weighted by Gasteiger charge is 2.55. The number of nitrogens with one attached hydrogen (secondary N) is 2. The van der Waals surface area contributed by atoms with E-state index in [1.54, 1.807) is 0 Å². The first-order chi connectivity index (χ1) is 29.3. The Hall–Kier alpha value is -6.86. The molecule has 2 atom stereocenters. The summed E-state index contributed by atoms with van der Waals surface area (Å²) in [5, 5.41) is 37.0. The molecule has 0 bridgehead atoms. The van der Waals surface area contributed by atoms with Crippen molar-refractivity contribution in [2.45, 2.75) is 42.5 Å². The Bertz CT molecular complexity index is 2490. The molecule has 4 N–H and O–H groups in total. The molecule has 0 aromatic heterocycles. The Balaban J connectivity index is 1.18. The van der Waals surface area contributed by atoms with Crippen molar-refractivity contribution in [2.75, 3.05) is 0 Å². The first kappa shape index (κ1) is 38.6. The van der Waals surface area contributed by atoms with E-state index in [1.165, 1.54) is 0 Å². The van der Waals surface area contributed by atoms with Crippen LogP contribution in [0.5, 0.6) is 0 Å². The minimum absolute atomic E-state index is 0.291. The topological polar surface area (TPSA) is 98.7 Å². The number of hydrogen-bond donors (Lipinski definition) is 4. The predicted octanol–water partition coefficient (Wildman–Crippen LogP) is 10.1. The van der Waals surface area contributed by atoms with E-state index in [0.29, 0.717) is 52.6 Å². The molecule has 60 heavy (non-hydrogen) atoms. The fourth-order valence-corrected chi connectivity index (χ4v) is 9.21. The van der Waals surface area contributed by atoms with Crippen LogP contribution < -0.4 is 10.6 Å². The maximum Gasteiger partial charge on any atom is 0.236 e. The summed E-state index contributed by atoms with van der Waals surface area (Å²) in [6.45, 7) is 0. The van der Waals surface area contributed by atoms with Gasteiger partial charge in [-0.2, -0.15) is 0 Å². The van der Waals surface area contributed by atoms with E-state index in [9.17, 15) is 10.2 Å². The molecule has 0 aliphatic heterocycles. The van der Waals surface area contributed by atoms with E-state index in [0.717, 1.165) is 21.5 Å². The van der Waals surface area contributed by atoms with E-state index in [4.69, 9.17) is 0 Å². The van der Waals surface area contributed by atoms with E-state index < -0.39 is 40.5 Å². The number of rotatable bonds is 12. The lowest BCUT2D eigenvalue weighted by atomic mass is 9.66. The predicted molar refractivity (Wildman–Crippen MR) is 238 cm³/mol. The summed E-state index contributed by atoms with van der Waals surface area (Å²) in [4.78, 5) is 30.8. The van der Waals surface area contributed by atoms with Gasteiger partial charge in [-0.1, -0.05) is 213 Å². The Labute approximate surface area is 350 Å². The van der Waals surface area contributed by atoms with Crippen molar-refractivity contribution in [2.24, 2.45) is 5.41 Å². The van der Waals surface area contributed by atoms with Crippen molar-refractivity contribution >= 4 is 33.4 Å². The number of benzene rings is 8.